The van der Waals surface area contributed by atoms with Gasteiger partial charge in [-0.25, -0.2) is 0 Å². The van der Waals surface area contributed by atoms with Gasteiger partial charge >= 0.3 is 0 Å². The number of anilines is 1. The van der Waals surface area contributed by atoms with Gasteiger partial charge in [-0.2, -0.15) is 0 Å². The minimum atomic E-state index is -0.548. The Hall–Kier alpha value is -1.90. The Kier molecular flexibility index (Phi) is 5.20. The van der Waals surface area contributed by atoms with Crippen LogP contribution in [-0.2, 0) is 14.5 Å². The van der Waals surface area contributed by atoms with Crippen LogP contribution in [0.4, 0.5) is 5.69 Å². The van der Waals surface area contributed by atoms with Crippen LogP contribution in [0.3, 0.4) is 0 Å². The Morgan fingerprint density at radius 2 is 2.11 bits per heavy atom. The van der Waals surface area contributed by atoms with Gasteiger partial charge in [-0.05, 0) is 23.9 Å². The number of fused-ring (bicyclic) bond motifs is 1. The van der Waals surface area contributed by atoms with Gasteiger partial charge in [0, 0.05) is 23.1 Å². The van der Waals surface area contributed by atoms with Crippen molar-refractivity contribution in [2.24, 2.45) is 0 Å². The maximum absolute atomic E-state index is 13.1. The monoisotopic (exact) mass is 438 g/mol. The molecule has 3 heterocycles. The van der Waals surface area contributed by atoms with Crippen molar-refractivity contribution in [3.8, 4) is 11.5 Å². The molecule has 148 valence electrons. The Morgan fingerprint density at radius 1 is 1.32 bits per heavy atom. The van der Waals surface area contributed by atoms with Gasteiger partial charge in [0.05, 0.1) is 24.9 Å². The van der Waals surface area contributed by atoms with E-state index < -0.39 is 10.9 Å². The Bertz CT molecular complexity index is 921. The van der Waals surface area contributed by atoms with E-state index in [9.17, 15) is 9.59 Å². The molecular formula is C19H19ClN2O4S2. The number of carbonyl (C=O) groups is 2. The van der Waals surface area contributed by atoms with Crippen LogP contribution >= 0.6 is 34.7 Å². The van der Waals surface area contributed by atoms with Crippen molar-refractivity contribution < 1.29 is 19.1 Å². The lowest BCUT2D eigenvalue weighted by atomic mass is 10.1. The van der Waals surface area contributed by atoms with E-state index in [4.69, 9.17) is 21.1 Å². The number of rotatable bonds is 5. The van der Waals surface area contributed by atoms with Crippen molar-refractivity contribution in [2.75, 3.05) is 25.3 Å². The third-order valence-electron chi connectivity index (χ3n) is 5.07. The van der Waals surface area contributed by atoms with E-state index in [2.05, 4.69) is 5.32 Å². The number of thiophene rings is 1. The summed E-state index contributed by atoms with van der Waals surface area (Å²) < 4.78 is 10.5. The van der Waals surface area contributed by atoms with Crippen molar-refractivity contribution in [3.63, 3.8) is 0 Å². The van der Waals surface area contributed by atoms with Crippen LogP contribution in [0.25, 0.3) is 0 Å². The van der Waals surface area contributed by atoms with Gasteiger partial charge < -0.3 is 19.7 Å². The van der Waals surface area contributed by atoms with Crippen LogP contribution in [0.15, 0.2) is 29.6 Å². The molecule has 1 aromatic heterocycles. The summed E-state index contributed by atoms with van der Waals surface area (Å²) in [5.74, 6) is 1.21. The molecule has 0 spiro atoms. The second-order valence-electron chi connectivity index (χ2n) is 6.53. The van der Waals surface area contributed by atoms with Crippen LogP contribution in [0, 0.1) is 0 Å². The van der Waals surface area contributed by atoms with Crippen LogP contribution < -0.4 is 14.8 Å². The van der Waals surface area contributed by atoms with Gasteiger partial charge in [0.25, 0.3) is 0 Å². The summed E-state index contributed by atoms with van der Waals surface area (Å²) in [7, 11) is 3.02. The van der Waals surface area contributed by atoms with Crippen molar-refractivity contribution in [1.82, 2.24) is 4.90 Å². The van der Waals surface area contributed by atoms with Crippen molar-refractivity contribution >= 4 is 52.2 Å². The molecule has 2 aromatic rings. The number of carbonyl (C=O) groups excluding carboxylic acids is 2. The second-order valence-corrected chi connectivity index (χ2v) is 9.18. The highest BCUT2D eigenvalue weighted by atomic mass is 35.5. The van der Waals surface area contributed by atoms with Gasteiger partial charge in [-0.15, -0.1) is 23.1 Å². The van der Waals surface area contributed by atoms with E-state index in [0.29, 0.717) is 34.4 Å². The molecular weight excluding hydrogens is 420 g/mol. The molecule has 9 heteroatoms. The average molecular weight is 439 g/mol. The predicted molar refractivity (Wildman–Crippen MR) is 112 cm³/mol. The van der Waals surface area contributed by atoms with E-state index in [0.717, 1.165) is 11.3 Å². The molecule has 0 radical (unpaired) electrons. The maximum Gasteiger partial charge on any atom is 0.248 e. The summed E-state index contributed by atoms with van der Waals surface area (Å²) in [5.41, 5.74) is 0.448. The number of hydrogen-bond donors (Lipinski definition) is 1. The fourth-order valence-electron chi connectivity index (χ4n) is 3.76. The van der Waals surface area contributed by atoms with Crippen molar-refractivity contribution in [1.29, 1.82) is 0 Å². The first-order valence-corrected chi connectivity index (χ1v) is 11.0. The molecule has 2 aliphatic rings. The Balaban J connectivity index is 1.61. The molecule has 2 fully saturated rings. The molecule has 0 saturated carbocycles. The standard InChI is InChI=1S/C19H19ClN2O4S2/c1-25-14-9-15(26-2)12(8-11(14)20)21-18(24)13-10-28-19(16-4-3-7-27-16)6-5-17(23)22(13)19/h3-4,7-9,13H,5-6,10H2,1-2H3,(H,21,24)/t13-,19-/m0/s1. The number of benzene rings is 1. The highest BCUT2D eigenvalue weighted by Gasteiger charge is 2.57. The number of thioether (sulfide) groups is 1. The molecule has 0 unspecified atom stereocenters. The summed E-state index contributed by atoms with van der Waals surface area (Å²) in [4.78, 5) is 28.2. The SMILES string of the molecule is COc1cc(OC)c(NC(=O)[C@@H]2CS[C@]3(c4cccs4)CCC(=O)N23)cc1Cl. The largest absolute Gasteiger partial charge is 0.495 e. The number of nitrogens with zero attached hydrogens (tertiary/aromatic N) is 1. The minimum Gasteiger partial charge on any atom is -0.495 e. The highest BCUT2D eigenvalue weighted by Crippen LogP contribution is 2.55. The molecule has 2 aliphatic heterocycles. The van der Waals surface area contributed by atoms with Crippen LogP contribution in [-0.4, -0.2) is 42.7 Å². The van der Waals surface area contributed by atoms with Gasteiger partial charge in [-0.1, -0.05) is 17.7 Å². The number of nitrogens with one attached hydrogen (secondary N) is 1. The summed E-state index contributed by atoms with van der Waals surface area (Å²) in [6.07, 6.45) is 1.17. The quantitative estimate of drug-likeness (QED) is 0.765. The summed E-state index contributed by atoms with van der Waals surface area (Å²) in [6, 6.07) is 6.69. The molecule has 6 nitrogen and oxygen atoms in total. The highest BCUT2D eigenvalue weighted by molar-refractivity contribution is 8.00. The molecule has 2 saturated heterocycles. The van der Waals surface area contributed by atoms with Crippen LogP contribution in [0.1, 0.15) is 17.7 Å². The lowest BCUT2D eigenvalue weighted by Gasteiger charge is -2.32. The van der Waals surface area contributed by atoms with Crippen molar-refractivity contribution in [2.45, 2.75) is 23.8 Å². The third kappa shape index (κ3) is 3.03. The second kappa shape index (κ2) is 7.50. The molecule has 1 aromatic carbocycles. The molecule has 2 amide bonds. The molecule has 0 bridgehead atoms. The van der Waals surface area contributed by atoms with E-state index in [1.54, 1.807) is 40.1 Å². The molecule has 28 heavy (non-hydrogen) atoms. The first kappa shape index (κ1) is 19.4. The zero-order valence-corrected chi connectivity index (χ0v) is 17.7. The number of methoxy groups -OCH3 is 2. The first-order chi connectivity index (χ1) is 13.5. The summed E-state index contributed by atoms with van der Waals surface area (Å²) in [5, 5.41) is 5.25. The van der Waals surface area contributed by atoms with E-state index in [1.807, 2.05) is 17.5 Å². The normalized spacial score (nSPS) is 23.6. The van der Waals surface area contributed by atoms with E-state index >= 15 is 0 Å². The fourth-order valence-corrected chi connectivity index (χ4v) is 6.72. The lowest BCUT2D eigenvalue weighted by molar-refractivity contribution is -0.136. The zero-order valence-electron chi connectivity index (χ0n) is 15.4. The molecule has 4 rings (SSSR count). The number of hydrogen-bond acceptors (Lipinski definition) is 6. The maximum atomic E-state index is 13.1. The third-order valence-corrected chi connectivity index (χ3v) is 8.09. The predicted octanol–water partition coefficient (Wildman–Crippen LogP) is 3.95. The minimum absolute atomic E-state index is 0.0123. The van der Waals surface area contributed by atoms with Gasteiger partial charge in [0.2, 0.25) is 11.8 Å². The fraction of sp³-hybridized carbons (Fsp3) is 0.368. The van der Waals surface area contributed by atoms with Crippen LogP contribution in [0.2, 0.25) is 5.02 Å². The summed E-state index contributed by atoms with van der Waals surface area (Å²) >= 11 is 9.49. The molecule has 1 N–H and O–H groups in total. The Morgan fingerprint density at radius 3 is 2.79 bits per heavy atom. The van der Waals surface area contributed by atoms with Crippen LogP contribution in [0.5, 0.6) is 11.5 Å². The first-order valence-electron chi connectivity index (χ1n) is 8.72. The lowest BCUT2D eigenvalue weighted by Crippen LogP contribution is -2.47. The number of halogens is 1. The topological polar surface area (TPSA) is 67.9 Å². The molecule has 2 atom stereocenters. The van der Waals surface area contributed by atoms with Crippen molar-refractivity contribution in [3.05, 3.63) is 39.5 Å². The van der Waals surface area contributed by atoms with E-state index in [-0.39, 0.29) is 11.8 Å². The van der Waals surface area contributed by atoms with Gasteiger partial charge in [0.1, 0.15) is 22.4 Å². The zero-order chi connectivity index (χ0) is 19.9. The van der Waals surface area contributed by atoms with Gasteiger partial charge in [-0.3, -0.25) is 9.59 Å². The average Bonchev–Trinajstić information content (AvgIpc) is 3.40. The number of amides is 2. The molecule has 0 aliphatic carbocycles. The smallest absolute Gasteiger partial charge is 0.248 e. The summed E-state index contributed by atoms with van der Waals surface area (Å²) in [6.45, 7) is 0. The Labute approximate surface area is 176 Å². The van der Waals surface area contributed by atoms with Gasteiger partial charge in [0.15, 0.2) is 0 Å². The number of ether oxygens (including phenoxy) is 2. The van der Waals surface area contributed by atoms with E-state index in [1.165, 1.54) is 14.2 Å².